The molecule has 2 rings (SSSR count). The van der Waals surface area contributed by atoms with Crippen LogP contribution >= 0.6 is 0 Å². The van der Waals surface area contributed by atoms with Gasteiger partial charge in [-0.2, -0.15) is 4.31 Å². The van der Waals surface area contributed by atoms with Crippen molar-refractivity contribution in [1.29, 1.82) is 0 Å². The lowest BCUT2D eigenvalue weighted by atomic mass is 10.3. The number of rotatable bonds is 3. The molecule has 0 N–H and O–H groups in total. The van der Waals surface area contributed by atoms with Crippen LogP contribution in [0.2, 0.25) is 0 Å². The number of hydrogen-bond acceptors (Lipinski definition) is 5. The predicted octanol–water partition coefficient (Wildman–Crippen LogP) is -0.111. The van der Waals surface area contributed by atoms with Crippen molar-refractivity contribution in [3.63, 3.8) is 0 Å². The second-order valence-electron chi connectivity index (χ2n) is 3.70. The highest BCUT2D eigenvalue weighted by molar-refractivity contribution is 7.88. The topological polar surface area (TPSA) is 72.4 Å². The fraction of sp³-hybridized carbons (Fsp3) is 0.556. The first-order valence-electron chi connectivity index (χ1n) is 4.93. The Morgan fingerprint density at radius 1 is 1.56 bits per heavy atom. The summed E-state index contributed by atoms with van der Waals surface area (Å²) in [6, 6.07) is 1.66. The lowest BCUT2D eigenvalue weighted by Crippen LogP contribution is -2.30. The van der Waals surface area contributed by atoms with Crippen molar-refractivity contribution in [2.75, 3.05) is 19.3 Å². The summed E-state index contributed by atoms with van der Waals surface area (Å²) in [6.07, 6.45) is 4.77. The quantitative estimate of drug-likeness (QED) is 0.740. The maximum atomic E-state index is 11.3. The summed E-state index contributed by atoms with van der Waals surface area (Å²) in [5.74, 6) is 0.482. The van der Waals surface area contributed by atoms with Crippen LogP contribution in [0.4, 0.5) is 0 Å². The molecule has 0 spiro atoms. The second kappa shape index (κ2) is 4.34. The Hall–Kier alpha value is -1.21. The highest BCUT2D eigenvalue weighted by atomic mass is 32.2. The van der Waals surface area contributed by atoms with Crippen molar-refractivity contribution in [2.24, 2.45) is 0 Å². The Morgan fingerprint density at radius 3 is 2.94 bits per heavy atom. The van der Waals surface area contributed by atoms with Crippen molar-refractivity contribution in [2.45, 2.75) is 12.5 Å². The van der Waals surface area contributed by atoms with Crippen LogP contribution in [0.1, 0.15) is 6.42 Å². The second-order valence-corrected chi connectivity index (χ2v) is 5.68. The summed E-state index contributed by atoms with van der Waals surface area (Å²) in [5, 5.41) is 0. The minimum atomic E-state index is -3.11. The van der Waals surface area contributed by atoms with Crippen molar-refractivity contribution in [3.05, 3.63) is 18.6 Å². The average Bonchev–Trinajstić information content (AvgIpc) is 2.67. The van der Waals surface area contributed by atoms with E-state index in [1.54, 1.807) is 12.3 Å². The molecule has 0 amide bonds. The van der Waals surface area contributed by atoms with Crippen LogP contribution in [0.5, 0.6) is 5.88 Å². The molecule has 0 aliphatic carbocycles. The maximum absolute atomic E-state index is 11.3. The van der Waals surface area contributed by atoms with Gasteiger partial charge in [0.15, 0.2) is 0 Å². The Balaban J connectivity index is 1.96. The molecule has 1 atom stereocenters. The molecule has 0 aromatic carbocycles. The molecule has 88 valence electrons. The van der Waals surface area contributed by atoms with Crippen molar-refractivity contribution in [1.82, 2.24) is 14.3 Å². The fourth-order valence-corrected chi connectivity index (χ4v) is 2.49. The van der Waals surface area contributed by atoms with E-state index in [4.69, 9.17) is 4.74 Å². The monoisotopic (exact) mass is 243 g/mol. The molecule has 1 aromatic heterocycles. The van der Waals surface area contributed by atoms with Gasteiger partial charge in [-0.1, -0.05) is 0 Å². The molecule has 7 heteroatoms. The molecule has 1 aromatic rings. The lowest BCUT2D eigenvalue weighted by Gasteiger charge is -2.14. The molecule has 16 heavy (non-hydrogen) atoms. The zero-order chi connectivity index (χ0) is 11.6. The highest BCUT2D eigenvalue weighted by Crippen LogP contribution is 2.17. The van der Waals surface area contributed by atoms with Crippen LogP contribution in [-0.4, -0.2) is 48.1 Å². The molecule has 0 saturated carbocycles. The first-order valence-corrected chi connectivity index (χ1v) is 6.78. The van der Waals surface area contributed by atoms with Crippen LogP contribution in [0.25, 0.3) is 0 Å². The van der Waals surface area contributed by atoms with Gasteiger partial charge < -0.3 is 4.74 Å². The molecule has 1 aliphatic heterocycles. The SMILES string of the molecule is CS(=O)(=O)N1CC[C@H](Oc2ccncn2)C1. The van der Waals surface area contributed by atoms with Gasteiger partial charge in [0.05, 0.1) is 12.8 Å². The number of ether oxygens (including phenoxy) is 1. The summed E-state index contributed by atoms with van der Waals surface area (Å²) in [7, 11) is -3.11. The molecule has 1 saturated heterocycles. The van der Waals surface area contributed by atoms with Crippen LogP contribution < -0.4 is 4.74 Å². The van der Waals surface area contributed by atoms with E-state index in [0.29, 0.717) is 25.4 Å². The third-order valence-corrected chi connectivity index (χ3v) is 3.69. The molecule has 0 radical (unpaired) electrons. The van der Waals surface area contributed by atoms with E-state index in [9.17, 15) is 8.42 Å². The molecule has 1 aliphatic rings. The van der Waals surface area contributed by atoms with Crippen molar-refractivity contribution in [3.8, 4) is 5.88 Å². The van der Waals surface area contributed by atoms with E-state index < -0.39 is 10.0 Å². The Kier molecular flexibility index (Phi) is 3.06. The van der Waals surface area contributed by atoms with Gasteiger partial charge >= 0.3 is 0 Å². The van der Waals surface area contributed by atoms with E-state index in [-0.39, 0.29) is 6.10 Å². The van der Waals surface area contributed by atoms with Crippen molar-refractivity contribution >= 4 is 10.0 Å². The Morgan fingerprint density at radius 2 is 2.38 bits per heavy atom. The number of hydrogen-bond donors (Lipinski definition) is 0. The van der Waals surface area contributed by atoms with E-state index in [2.05, 4.69) is 9.97 Å². The van der Waals surface area contributed by atoms with Crippen LogP contribution in [0, 0.1) is 0 Å². The van der Waals surface area contributed by atoms with Gasteiger partial charge in [0.25, 0.3) is 0 Å². The van der Waals surface area contributed by atoms with Crippen LogP contribution in [0.3, 0.4) is 0 Å². The zero-order valence-electron chi connectivity index (χ0n) is 8.91. The largest absolute Gasteiger partial charge is 0.473 e. The van der Waals surface area contributed by atoms with Gasteiger partial charge in [0.1, 0.15) is 12.4 Å². The van der Waals surface area contributed by atoms with Gasteiger partial charge in [0, 0.05) is 18.8 Å². The number of nitrogens with zero attached hydrogens (tertiary/aromatic N) is 3. The standard InChI is InChI=1S/C9H13N3O3S/c1-16(13,14)12-5-3-8(6-12)15-9-2-4-10-7-11-9/h2,4,7-8H,3,5-6H2,1H3/t8-/m0/s1. The smallest absolute Gasteiger partial charge is 0.216 e. The third-order valence-electron chi connectivity index (χ3n) is 2.42. The Bertz CT molecular complexity index is 448. The molecule has 6 nitrogen and oxygen atoms in total. The van der Waals surface area contributed by atoms with Gasteiger partial charge in [-0.15, -0.1) is 0 Å². The van der Waals surface area contributed by atoms with E-state index in [1.165, 1.54) is 16.9 Å². The molecule has 2 heterocycles. The van der Waals surface area contributed by atoms with Gasteiger partial charge in [0.2, 0.25) is 15.9 Å². The highest BCUT2D eigenvalue weighted by Gasteiger charge is 2.29. The molecule has 0 unspecified atom stereocenters. The predicted molar refractivity (Wildman–Crippen MR) is 57.5 cm³/mol. The lowest BCUT2D eigenvalue weighted by molar-refractivity contribution is 0.206. The van der Waals surface area contributed by atoms with Crippen LogP contribution in [-0.2, 0) is 10.0 Å². The minimum absolute atomic E-state index is 0.121. The van der Waals surface area contributed by atoms with E-state index in [1.807, 2.05) is 0 Å². The molecular weight excluding hydrogens is 230 g/mol. The first-order chi connectivity index (χ1) is 7.55. The van der Waals surface area contributed by atoms with Crippen LogP contribution in [0.15, 0.2) is 18.6 Å². The summed E-state index contributed by atoms with van der Waals surface area (Å²) in [4.78, 5) is 7.70. The molecule has 1 fully saturated rings. The first kappa shape index (κ1) is 11.3. The summed E-state index contributed by atoms with van der Waals surface area (Å²) in [5.41, 5.74) is 0. The summed E-state index contributed by atoms with van der Waals surface area (Å²) < 4.78 is 29.5. The van der Waals surface area contributed by atoms with Gasteiger partial charge in [-0.05, 0) is 6.42 Å². The zero-order valence-corrected chi connectivity index (χ0v) is 9.72. The normalized spacial score (nSPS) is 22.2. The van der Waals surface area contributed by atoms with Gasteiger partial charge in [-0.25, -0.2) is 18.4 Å². The Labute approximate surface area is 94.3 Å². The number of sulfonamides is 1. The van der Waals surface area contributed by atoms with E-state index >= 15 is 0 Å². The number of aromatic nitrogens is 2. The molecule has 0 bridgehead atoms. The average molecular weight is 243 g/mol. The summed E-state index contributed by atoms with van der Waals surface area (Å²) in [6.45, 7) is 0.900. The minimum Gasteiger partial charge on any atom is -0.473 e. The molecular formula is C9H13N3O3S. The maximum Gasteiger partial charge on any atom is 0.216 e. The van der Waals surface area contributed by atoms with Gasteiger partial charge in [-0.3, -0.25) is 0 Å². The summed E-state index contributed by atoms with van der Waals surface area (Å²) >= 11 is 0. The fourth-order valence-electron chi connectivity index (χ4n) is 1.61. The van der Waals surface area contributed by atoms with Crippen molar-refractivity contribution < 1.29 is 13.2 Å². The van der Waals surface area contributed by atoms with E-state index in [0.717, 1.165) is 0 Å². The third kappa shape index (κ3) is 2.67.